The molecule has 0 bridgehead atoms. The Morgan fingerprint density at radius 3 is 2.73 bits per heavy atom. The van der Waals surface area contributed by atoms with Gasteiger partial charge in [0.25, 0.3) is 0 Å². The van der Waals surface area contributed by atoms with Gasteiger partial charge in [0.2, 0.25) is 0 Å². The van der Waals surface area contributed by atoms with E-state index in [0.717, 1.165) is 0 Å². The van der Waals surface area contributed by atoms with Gasteiger partial charge in [0.1, 0.15) is 6.29 Å². The number of ketones is 1. The van der Waals surface area contributed by atoms with E-state index in [2.05, 4.69) is 0 Å². The Bertz CT molecular complexity index is 227. The van der Waals surface area contributed by atoms with E-state index in [1.54, 1.807) is 6.92 Å². The lowest BCUT2D eigenvalue weighted by Crippen LogP contribution is -2.06. The summed E-state index contributed by atoms with van der Waals surface area (Å²) in [5, 5.41) is 8.76. The van der Waals surface area contributed by atoms with Crippen molar-refractivity contribution in [2.45, 2.75) is 13.3 Å². The SMILES string of the molecule is CC1=C(C=O)[C@H](CO)CC1=O. The zero-order chi connectivity index (χ0) is 8.43. The van der Waals surface area contributed by atoms with Crippen LogP contribution in [0.3, 0.4) is 0 Å². The average Bonchev–Trinajstić information content (AvgIpc) is 2.28. The lowest BCUT2D eigenvalue weighted by atomic mass is 10.0. The van der Waals surface area contributed by atoms with Crippen LogP contribution in [-0.2, 0) is 9.59 Å². The maximum absolute atomic E-state index is 11.0. The van der Waals surface area contributed by atoms with Crippen molar-refractivity contribution in [3.63, 3.8) is 0 Å². The number of hydrogen-bond donors (Lipinski definition) is 1. The van der Waals surface area contributed by atoms with Gasteiger partial charge in [-0.15, -0.1) is 0 Å². The van der Waals surface area contributed by atoms with Crippen molar-refractivity contribution < 1.29 is 14.7 Å². The highest BCUT2D eigenvalue weighted by molar-refractivity contribution is 6.04. The fourth-order valence-electron chi connectivity index (χ4n) is 1.30. The molecule has 1 aliphatic rings. The Labute approximate surface area is 64.7 Å². The molecular weight excluding hydrogens is 144 g/mol. The second-order valence-electron chi connectivity index (χ2n) is 2.70. The van der Waals surface area contributed by atoms with E-state index in [0.29, 0.717) is 17.4 Å². The quantitative estimate of drug-likeness (QED) is 0.573. The monoisotopic (exact) mass is 154 g/mol. The Kier molecular flexibility index (Phi) is 2.19. The molecular formula is C8H10O3. The van der Waals surface area contributed by atoms with E-state index >= 15 is 0 Å². The lowest BCUT2D eigenvalue weighted by Gasteiger charge is -2.02. The number of allylic oxidation sites excluding steroid dienone is 1. The predicted octanol–water partition coefficient (Wildman–Crippen LogP) is 0.0831. The molecule has 0 aliphatic heterocycles. The van der Waals surface area contributed by atoms with Crippen LogP contribution in [0, 0.1) is 5.92 Å². The van der Waals surface area contributed by atoms with Gasteiger partial charge in [-0.05, 0) is 12.5 Å². The number of aliphatic hydroxyl groups is 1. The van der Waals surface area contributed by atoms with Gasteiger partial charge in [0.15, 0.2) is 5.78 Å². The summed E-state index contributed by atoms with van der Waals surface area (Å²) in [4.78, 5) is 21.4. The standard InChI is InChI=1S/C8H10O3/c1-5-7(4-10)6(3-9)2-8(5)11/h4,6,9H,2-3H2,1H3/t6-/m0/s1. The molecule has 0 heterocycles. The Balaban J connectivity index is 2.95. The molecule has 3 heteroatoms. The molecule has 1 atom stereocenters. The third kappa shape index (κ3) is 1.24. The molecule has 11 heavy (non-hydrogen) atoms. The number of hydrogen-bond acceptors (Lipinski definition) is 3. The van der Waals surface area contributed by atoms with E-state index in [-0.39, 0.29) is 24.7 Å². The first-order chi connectivity index (χ1) is 5.20. The van der Waals surface area contributed by atoms with Gasteiger partial charge >= 0.3 is 0 Å². The zero-order valence-corrected chi connectivity index (χ0v) is 6.33. The van der Waals surface area contributed by atoms with Crippen molar-refractivity contribution in [2.24, 2.45) is 5.92 Å². The van der Waals surface area contributed by atoms with E-state index in [4.69, 9.17) is 5.11 Å². The largest absolute Gasteiger partial charge is 0.396 e. The van der Waals surface area contributed by atoms with Gasteiger partial charge in [0, 0.05) is 17.9 Å². The van der Waals surface area contributed by atoms with Gasteiger partial charge in [-0.2, -0.15) is 0 Å². The number of aliphatic hydroxyl groups excluding tert-OH is 1. The first kappa shape index (κ1) is 8.14. The van der Waals surface area contributed by atoms with Crippen LogP contribution < -0.4 is 0 Å². The summed E-state index contributed by atoms with van der Waals surface area (Å²) in [6.07, 6.45) is 0.956. The predicted molar refractivity (Wildman–Crippen MR) is 39.0 cm³/mol. The molecule has 0 amide bonds. The summed E-state index contributed by atoms with van der Waals surface area (Å²) < 4.78 is 0. The Morgan fingerprint density at radius 2 is 2.36 bits per heavy atom. The van der Waals surface area contributed by atoms with Gasteiger partial charge in [-0.3, -0.25) is 9.59 Å². The maximum atomic E-state index is 11.0. The molecule has 1 rings (SSSR count). The van der Waals surface area contributed by atoms with Gasteiger partial charge < -0.3 is 5.11 Å². The molecule has 0 fully saturated rings. The highest BCUT2D eigenvalue weighted by Gasteiger charge is 2.28. The van der Waals surface area contributed by atoms with Gasteiger partial charge in [0.05, 0.1) is 6.61 Å². The number of rotatable bonds is 2. The highest BCUT2D eigenvalue weighted by atomic mass is 16.3. The van der Waals surface area contributed by atoms with Crippen molar-refractivity contribution in [1.82, 2.24) is 0 Å². The minimum absolute atomic E-state index is 0.0221. The topological polar surface area (TPSA) is 54.4 Å². The van der Waals surface area contributed by atoms with Crippen LogP contribution in [0.4, 0.5) is 0 Å². The minimum Gasteiger partial charge on any atom is -0.396 e. The van der Waals surface area contributed by atoms with E-state index in [1.807, 2.05) is 0 Å². The third-order valence-electron chi connectivity index (χ3n) is 2.07. The second-order valence-corrected chi connectivity index (χ2v) is 2.70. The maximum Gasteiger partial charge on any atom is 0.159 e. The summed E-state index contributed by atoms with van der Waals surface area (Å²) in [7, 11) is 0. The molecule has 0 saturated heterocycles. The van der Waals surface area contributed by atoms with Crippen LogP contribution in [0.2, 0.25) is 0 Å². The molecule has 0 aromatic rings. The van der Waals surface area contributed by atoms with Crippen LogP contribution in [0.25, 0.3) is 0 Å². The number of carbonyl (C=O) groups is 2. The number of aldehydes is 1. The first-order valence-electron chi connectivity index (χ1n) is 3.50. The summed E-state index contributed by atoms with van der Waals surface area (Å²) >= 11 is 0. The van der Waals surface area contributed by atoms with Crippen LogP contribution >= 0.6 is 0 Å². The third-order valence-corrected chi connectivity index (χ3v) is 2.07. The lowest BCUT2D eigenvalue weighted by molar-refractivity contribution is -0.115. The van der Waals surface area contributed by atoms with Crippen LogP contribution in [0.15, 0.2) is 11.1 Å². The molecule has 0 spiro atoms. The number of carbonyl (C=O) groups excluding carboxylic acids is 2. The van der Waals surface area contributed by atoms with Crippen molar-refractivity contribution in [2.75, 3.05) is 6.61 Å². The normalized spacial score (nSPS) is 24.5. The molecule has 0 aromatic heterocycles. The summed E-state index contributed by atoms with van der Waals surface area (Å²) in [5.74, 6) is -0.272. The molecule has 60 valence electrons. The van der Waals surface area contributed by atoms with Crippen molar-refractivity contribution in [3.05, 3.63) is 11.1 Å². The average molecular weight is 154 g/mol. The van der Waals surface area contributed by atoms with E-state index in [9.17, 15) is 9.59 Å². The van der Waals surface area contributed by atoms with Gasteiger partial charge in [-0.25, -0.2) is 0 Å². The summed E-state index contributed by atoms with van der Waals surface area (Å²) in [5.41, 5.74) is 0.983. The molecule has 0 saturated carbocycles. The van der Waals surface area contributed by atoms with Crippen molar-refractivity contribution in [3.8, 4) is 0 Å². The summed E-state index contributed by atoms with van der Waals surface area (Å²) in [6.45, 7) is 1.51. The second kappa shape index (κ2) is 2.96. The van der Waals surface area contributed by atoms with Crippen molar-refractivity contribution >= 4 is 12.1 Å². The highest BCUT2D eigenvalue weighted by Crippen LogP contribution is 2.26. The summed E-state index contributed by atoms with van der Waals surface area (Å²) in [6, 6.07) is 0. The van der Waals surface area contributed by atoms with Crippen molar-refractivity contribution in [1.29, 1.82) is 0 Å². The fourth-order valence-corrected chi connectivity index (χ4v) is 1.30. The minimum atomic E-state index is -0.250. The number of Topliss-reactive ketones (excluding diaryl/α,β-unsaturated/α-hetero) is 1. The van der Waals surface area contributed by atoms with Gasteiger partial charge in [-0.1, -0.05) is 0 Å². The molecule has 3 nitrogen and oxygen atoms in total. The Morgan fingerprint density at radius 1 is 1.73 bits per heavy atom. The Hall–Kier alpha value is -0.960. The first-order valence-corrected chi connectivity index (χ1v) is 3.50. The van der Waals surface area contributed by atoms with Crippen LogP contribution in [0.5, 0.6) is 0 Å². The zero-order valence-electron chi connectivity index (χ0n) is 6.33. The molecule has 0 unspecified atom stereocenters. The molecule has 1 aliphatic carbocycles. The van der Waals surface area contributed by atoms with E-state index < -0.39 is 0 Å². The molecule has 0 radical (unpaired) electrons. The molecule has 1 N–H and O–H groups in total. The molecule has 0 aromatic carbocycles. The smallest absolute Gasteiger partial charge is 0.159 e. The van der Waals surface area contributed by atoms with Crippen LogP contribution in [0.1, 0.15) is 13.3 Å². The van der Waals surface area contributed by atoms with Crippen LogP contribution in [-0.4, -0.2) is 23.8 Å². The fraction of sp³-hybridized carbons (Fsp3) is 0.500. The van der Waals surface area contributed by atoms with E-state index in [1.165, 1.54) is 0 Å².